The summed E-state index contributed by atoms with van der Waals surface area (Å²) in [7, 11) is -4.60. The zero-order valence-corrected chi connectivity index (χ0v) is 19.8. The van der Waals surface area contributed by atoms with Crippen LogP contribution in [0.1, 0.15) is 19.8 Å². The second-order valence-electron chi connectivity index (χ2n) is 9.45. The van der Waals surface area contributed by atoms with Gasteiger partial charge in [0.1, 0.15) is 0 Å². The molecule has 0 heterocycles. The van der Waals surface area contributed by atoms with Crippen LogP contribution in [0.3, 0.4) is 0 Å². The molecule has 0 rings (SSSR count). The van der Waals surface area contributed by atoms with E-state index in [4.69, 9.17) is 13.3 Å². The van der Waals surface area contributed by atoms with Crippen LogP contribution in [0.15, 0.2) is 0 Å². The fourth-order valence-electron chi connectivity index (χ4n) is 1.98. The van der Waals surface area contributed by atoms with E-state index < -0.39 is 25.0 Å². The minimum absolute atomic E-state index is 0.00951. The molecule has 3 nitrogen and oxygen atoms in total. The van der Waals surface area contributed by atoms with Crippen molar-refractivity contribution in [3.8, 4) is 0 Å². The predicted octanol–water partition coefficient (Wildman–Crippen LogP) is 5.33. The van der Waals surface area contributed by atoms with E-state index in [2.05, 4.69) is 65.8 Å². The van der Waals surface area contributed by atoms with Crippen LogP contribution in [0.25, 0.3) is 0 Å². The van der Waals surface area contributed by atoms with Crippen LogP contribution in [0.4, 0.5) is 0 Å². The Bertz CT molecular complexity index is 269. The standard InChI is InChI=1S/C16H40O3Si3/c1-11-12-16(13-17-20(2,3)4,14-18-21(5,6)7)15-19-22(8,9)10/h11-15H2,1-10H3. The van der Waals surface area contributed by atoms with Gasteiger partial charge in [0.25, 0.3) is 0 Å². The Balaban J connectivity index is 5.07. The highest BCUT2D eigenvalue weighted by Gasteiger charge is 2.35. The Morgan fingerprint density at radius 1 is 0.591 bits per heavy atom. The third kappa shape index (κ3) is 12.0. The molecule has 0 aromatic rings. The molecule has 0 aliphatic heterocycles. The van der Waals surface area contributed by atoms with Gasteiger partial charge in [0.2, 0.25) is 0 Å². The lowest BCUT2D eigenvalue weighted by molar-refractivity contribution is 0.0174. The Hall–Kier alpha value is 0.531. The maximum atomic E-state index is 6.29. The second kappa shape index (κ2) is 8.58. The van der Waals surface area contributed by atoms with Gasteiger partial charge in [-0.05, 0) is 65.3 Å². The SMILES string of the molecule is CCCC(CO[Si](C)(C)C)(CO[Si](C)(C)C)CO[Si](C)(C)C. The molecule has 134 valence electrons. The summed E-state index contributed by atoms with van der Waals surface area (Å²) in [5.41, 5.74) is 0.00951. The summed E-state index contributed by atoms with van der Waals surface area (Å²) in [6, 6.07) is 0. The molecule has 0 spiro atoms. The molecular weight excluding hydrogens is 324 g/mol. The van der Waals surface area contributed by atoms with E-state index in [-0.39, 0.29) is 5.41 Å². The van der Waals surface area contributed by atoms with Crippen molar-refractivity contribution >= 4 is 25.0 Å². The molecule has 0 amide bonds. The monoisotopic (exact) mass is 364 g/mol. The predicted molar refractivity (Wildman–Crippen MR) is 105 cm³/mol. The molecule has 0 N–H and O–H groups in total. The van der Waals surface area contributed by atoms with Gasteiger partial charge in [-0.2, -0.15) is 0 Å². The first kappa shape index (κ1) is 22.5. The highest BCUT2D eigenvalue weighted by atomic mass is 28.4. The zero-order chi connectivity index (χ0) is 17.7. The van der Waals surface area contributed by atoms with Crippen LogP contribution in [0, 0.1) is 5.41 Å². The summed E-state index contributed by atoms with van der Waals surface area (Å²) >= 11 is 0. The van der Waals surface area contributed by atoms with Gasteiger partial charge < -0.3 is 13.3 Å². The molecule has 22 heavy (non-hydrogen) atoms. The molecule has 0 aliphatic rings. The third-order valence-electron chi connectivity index (χ3n) is 3.21. The van der Waals surface area contributed by atoms with Crippen molar-refractivity contribution in [1.29, 1.82) is 0 Å². The topological polar surface area (TPSA) is 27.7 Å². The fraction of sp³-hybridized carbons (Fsp3) is 1.00. The van der Waals surface area contributed by atoms with Crippen molar-refractivity contribution in [3.63, 3.8) is 0 Å². The van der Waals surface area contributed by atoms with Gasteiger partial charge in [-0.15, -0.1) is 0 Å². The molecule has 0 saturated carbocycles. The fourth-order valence-corrected chi connectivity index (χ4v) is 4.20. The van der Waals surface area contributed by atoms with E-state index in [0.29, 0.717) is 0 Å². The number of hydrogen-bond acceptors (Lipinski definition) is 3. The number of rotatable bonds is 11. The first-order valence-corrected chi connectivity index (χ1v) is 18.8. The molecule has 0 bridgehead atoms. The maximum Gasteiger partial charge on any atom is 0.183 e. The summed E-state index contributed by atoms with van der Waals surface area (Å²) in [5, 5.41) is 0. The van der Waals surface area contributed by atoms with E-state index in [9.17, 15) is 0 Å². The van der Waals surface area contributed by atoms with E-state index in [1.807, 2.05) is 0 Å². The third-order valence-corrected chi connectivity index (χ3v) is 6.25. The van der Waals surface area contributed by atoms with Gasteiger partial charge >= 0.3 is 0 Å². The Labute approximate surface area is 142 Å². The number of hydrogen-bond donors (Lipinski definition) is 0. The highest BCUT2D eigenvalue weighted by Crippen LogP contribution is 2.30. The van der Waals surface area contributed by atoms with E-state index >= 15 is 0 Å². The average Bonchev–Trinajstić information content (AvgIpc) is 2.28. The molecule has 0 atom stereocenters. The normalized spacial score (nSPS) is 14.5. The molecule has 0 saturated heterocycles. The van der Waals surface area contributed by atoms with Crippen molar-refractivity contribution in [1.82, 2.24) is 0 Å². The van der Waals surface area contributed by atoms with Crippen molar-refractivity contribution < 1.29 is 13.3 Å². The van der Waals surface area contributed by atoms with Gasteiger partial charge in [-0.3, -0.25) is 0 Å². The van der Waals surface area contributed by atoms with Crippen molar-refractivity contribution in [3.05, 3.63) is 0 Å². The Kier molecular flexibility index (Phi) is 8.78. The summed E-state index contributed by atoms with van der Waals surface area (Å²) in [4.78, 5) is 0. The summed E-state index contributed by atoms with van der Waals surface area (Å²) in [5.74, 6) is 0. The van der Waals surface area contributed by atoms with Gasteiger partial charge in [0.05, 0.1) is 0 Å². The molecule has 0 aromatic carbocycles. The van der Waals surface area contributed by atoms with E-state index in [0.717, 1.165) is 32.7 Å². The molecule has 0 radical (unpaired) electrons. The van der Waals surface area contributed by atoms with E-state index in [1.54, 1.807) is 0 Å². The molecule has 0 aromatic heterocycles. The lowest BCUT2D eigenvalue weighted by Gasteiger charge is -2.39. The van der Waals surface area contributed by atoms with Crippen molar-refractivity contribution in [2.24, 2.45) is 5.41 Å². The van der Waals surface area contributed by atoms with Crippen molar-refractivity contribution in [2.45, 2.75) is 78.7 Å². The van der Waals surface area contributed by atoms with Crippen LogP contribution in [-0.4, -0.2) is 44.8 Å². The minimum atomic E-state index is -1.53. The van der Waals surface area contributed by atoms with Crippen LogP contribution in [-0.2, 0) is 13.3 Å². The van der Waals surface area contributed by atoms with Gasteiger partial charge in [0.15, 0.2) is 25.0 Å². The Morgan fingerprint density at radius 2 is 0.864 bits per heavy atom. The molecular formula is C16H40O3Si3. The summed E-state index contributed by atoms with van der Waals surface area (Å²) in [6.07, 6.45) is 2.24. The second-order valence-corrected chi connectivity index (χ2v) is 23.0. The smallest absolute Gasteiger partial charge is 0.183 e. The lowest BCUT2D eigenvalue weighted by Crippen LogP contribution is -2.46. The first-order chi connectivity index (χ1) is 9.68. The lowest BCUT2D eigenvalue weighted by atomic mass is 9.86. The van der Waals surface area contributed by atoms with Crippen LogP contribution in [0.2, 0.25) is 58.9 Å². The van der Waals surface area contributed by atoms with Crippen LogP contribution in [0.5, 0.6) is 0 Å². The molecule has 0 aliphatic carbocycles. The maximum absolute atomic E-state index is 6.29. The first-order valence-electron chi connectivity index (χ1n) is 8.60. The van der Waals surface area contributed by atoms with Gasteiger partial charge in [-0.25, -0.2) is 0 Å². The van der Waals surface area contributed by atoms with Crippen LogP contribution >= 0.6 is 0 Å². The highest BCUT2D eigenvalue weighted by molar-refractivity contribution is 6.70. The quantitative estimate of drug-likeness (QED) is 0.464. The molecule has 0 fully saturated rings. The largest absolute Gasteiger partial charge is 0.417 e. The Morgan fingerprint density at radius 3 is 1.05 bits per heavy atom. The zero-order valence-electron chi connectivity index (χ0n) is 16.8. The van der Waals surface area contributed by atoms with Gasteiger partial charge in [0, 0.05) is 25.2 Å². The molecule has 0 unspecified atom stereocenters. The average molecular weight is 365 g/mol. The van der Waals surface area contributed by atoms with Gasteiger partial charge in [-0.1, -0.05) is 13.3 Å². The van der Waals surface area contributed by atoms with Crippen LogP contribution < -0.4 is 0 Å². The minimum Gasteiger partial charge on any atom is -0.417 e. The molecule has 6 heteroatoms. The summed E-state index contributed by atoms with van der Waals surface area (Å²) < 4.78 is 18.9. The summed E-state index contributed by atoms with van der Waals surface area (Å²) in [6.45, 7) is 24.8. The van der Waals surface area contributed by atoms with Crippen molar-refractivity contribution in [2.75, 3.05) is 19.8 Å². The van der Waals surface area contributed by atoms with E-state index in [1.165, 1.54) is 0 Å².